The van der Waals surface area contributed by atoms with Crippen molar-refractivity contribution in [2.75, 3.05) is 19.6 Å². The number of fused-ring (bicyclic) bond motifs is 9. The smallest absolute Gasteiger partial charge is 0.311 e. The highest BCUT2D eigenvalue weighted by atomic mass is 19.4. The van der Waals surface area contributed by atoms with Gasteiger partial charge in [0, 0.05) is 101 Å². The zero-order valence-corrected chi connectivity index (χ0v) is 62.2. The van der Waals surface area contributed by atoms with E-state index in [1.165, 1.54) is 97.1 Å². The second-order valence-electron chi connectivity index (χ2n) is 28.5. The maximum atomic E-state index is 16.4. The molecular formula is C94H50F21N7. The Morgan fingerprint density at radius 1 is 0.189 bits per heavy atom. The van der Waals surface area contributed by atoms with Gasteiger partial charge in [-0.3, -0.25) is 0 Å². The van der Waals surface area contributed by atoms with E-state index in [1.54, 1.807) is 130 Å². The van der Waals surface area contributed by atoms with Gasteiger partial charge in [0.05, 0.1) is 33.1 Å². The summed E-state index contributed by atoms with van der Waals surface area (Å²) in [4.78, 5) is 7.25. The predicted octanol–water partition coefficient (Wildman–Crippen LogP) is 29.9. The van der Waals surface area contributed by atoms with Crippen LogP contribution in [0.3, 0.4) is 0 Å². The van der Waals surface area contributed by atoms with Crippen LogP contribution in [0.25, 0.3) is 82.5 Å². The van der Waals surface area contributed by atoms with E-state index in [-0.39, 0.29) is 71.1 Å². The number of nitrogens with zero attached hydrogens (tertiary/aromatic N) is 7. The predicted molar refractivity (Wildman–Crippen MR) is 427 cm³/mol. The Bertz CT molecular complexity index is 7120. The van der Waals surface area contributed by atoms with Gasteiger partial charge < -0.3 is 33.3 Å². The number of hydrogen-bond acceptors (Lipinski definition) is 4. The van der Waals surface area contributed by atoms with Crippen LogP contribution in [0.15, 0.2) is 285 Å². The first-order valence-electron chi connectivity index (χ1n) is 37.0. The number of para-hydroxylation sites is 5. The Morgan fingerprint density at radius 3 is 0.598 bits per heavy atom. The maximum absolute atomic E-state index is 16.4. The van der Waals surface area contributed by atoms with Crippen LogP contribution in [0.2, 0.25) is 0 Å². The molecule has 3 heterocycles. The average molecular weight is 1680 g/mol. The summed E-state index contributed by atoms with van der Waals surface area (Å²) in [5, 5.41) is 1.19. The van der Waals surface area contributed by atoms with Crippen molar-refractivity contribution in [1.82, 2.24) is 13.7 Å². The molecule has 0 aliphatic rings. The zero-order valence-electron chi connectivity index (χ0n) is 62.2. The Balaban J connectivity index is 0.819. The average Bonchev–Trinajstić information content (AvgIpc) is 1.71. The number of anilines is 12. The van der Waals surface area contributed by atoms with Crippen molar-refractivity contribution in [3.8, 4) is 17.1 Å². The van der Waals surface area contributed by atoms with Gasteiger partial charge in [-0.1, -0.05) is 109 Å². The van der Waals surface area contributed by atoms with E-state index in [9.17, 15) is 39.5 Å². The van der Waals surface area contributed by atoms with Gasteiger partial charge in [0.2, 0.25) is 0 Å². The normalized spacial score (nSPS) is 12.2. The summed E-state index contributed by atoms with van der Waals surface area (Å²) in [6.07, 6.45) is -17.6. The second-order valence-corrected chi connectivity index (χ2v) is 28.5. The van der Waals surface area contributed by atoms with Crippen LogP contribution in [0.5, 0.6) is 0 Å². The van der Waals surface area contributed by atoms with Crippen LogP contribution >= 0.6 is 0 Å². The highest BCUT2D eigenvalue weighted by Gasteiger charge is 2.46. The largest absolute Gasteiger partial charge is 0.422 e. The molecule has 0 bridgehead atoms. The molecule has 0 amide bonds. The van der Waals surface area contributed by atoms with Crippen molar-refractivity contribution < 1.29 is 92.2 Å². The molecule has 0 aliphatic heterocycles. The lowest BCUT2D eigenvalue weighted by Gasteiger charge is -2.30. The molecule has 0 fully saturated rings. The summed E-state index contributed by atoms with van der Waals surface area (Å²) in [5.74, 6) is -30.1. The quantitative estimate of drug-likeness (QED) is 0.0755. The fraction of sp³-hybridized carbons (Fsp3) is 0.0426. The molecule has 18 rings (SSSR count). The Hall–Kier alpha value is -14.6. The van der Waals surface area contributed by atoms with Crippen LogP contribution in [0.1, 0.15) is 22.3 Å². The molecule has 7 nitrogen and oxygen atoms in total. The third-order valence-corrected chi connectivity index (χ3v) is 21.4. The standard InChI is InChI=1S/C94H50F21N7/c1-49-24-26-52(27-25-49)117(59-40-43-71-65(46-59)62-18-8-11-21-68(62)120(71)89-83(101)77(95)74(92(107,108)109)78(96)84(89)102)54-32-34-56(35-33-54)119(61-42-45-73-67(48-61)64-20-10-13-23-70(64)122(73)91-87(105)81(99)76(94(113,114)115)82(100)88(91)106)58-38-36-57(37-39-58)118(55-30-28-53(29-31-55)116(50-14-4-2-5-15-50)51-16-6-3-7-17-51)60-41-44-72-66(47-60)63-19-9-12-22-69(63)121(72)90-85(103)79(97)75(93(110,111)112)80(98)86(90)104/h2-48H,1H3. The Labute approximate surface area is 675 Å². The summed E-state index contributed by atoms with van der Waals surface area (Å²) in [6.45, 7) is 1.83. The molecular weight excluding hydrogens is 1630 g/mol. The lowest BCUT2D eigenvalue weighted by molar-refractivity contribution is -0.144. The van der Waals surface area contributed by atoms with Crippen molar-refractivity contribution >= 4 is 134 Å². The maximum Gasteiger partial charge on any atom is 0.422 e. The van der Waals surface area contributed by atoms with Gasteiger partial charge in [-0.2, -0.15) is 39.5 Å². The van der Waals surface area contributed by atoms with Gasteiger partial charge in [0.15, 0.2) is 69.8 Å². The molecule has 0 spiro atoms. The lowest BCUT2D eigenvalue weighted by atomic mass is 10.1. The fourth-order valence-electron chi connectivity index (χ4n) is 16.1. The van der Waals surface area contributed by atoms with Gasteiger partial charge in [0.25, 0.3) is 0 Å². The van der Waals surface area contributed by atoms with Crippen molar-refractivity contribution in [3.05, 3.63) is 377 Å². The number of aryl methyl sites for hydroxylation is 1. The highest BCUT2D eigenvalue weighted by molar-refractivity contribution is 6.13. The first-order valence-corrected chi connectivity index (χ1v) is 37.0. The number of benzene rings is 15. The molecule has 0 saturated heterocycles. The van der Waals surface area contributed by atoms with Crippen molar-refractivity contribution in [2.24, 2.45) is 0 Å². The summed E-state index contributed by atoms with van der Waals surface area (Å²) in [5.41, 5.74) is -6.94. The fourth-order valence-corrected chi connectivity index (χ4v) is 16.1. The molecule has 122 heavy (non-hydrogen) atoms. The third-order valence-electron chi connectivity index (χ3n) is 21.4. The highest BCUT2D eigenvalue weighted by Crippen LogP contribution is 2.51. The van der Waals surface area contributed by atoms with Crippen LogP contribution in [-0.4, -0.2) is 13.7 Å². The first kappa shape index (κ1) is 78.6. The Morgan fingerprint density at radius 2 is 0.369 bits per heavy atom. The minimum absolute atomic E-state index is 0.0589. The number of rotatable bonds is 15. The van der Waals surface area contributed by atoms with E-state index in [4.69, 9.17) is 0 Å². The van der Waals surface area contributed by atoms with Crippen molar-refractivity contribution in [2.45, 2.75) is 25.5 Å². The van der Waals surface area contributed by atoms with Gasteiger partial charge in [0.1, 0.15) is 33.8 Å². The Kier molecular flexibility index (Phi) is 19.0. The van der Waals surface area contributed by atoms with E-state index in [2.05, 4.69) is 0 Å². The van der Waals surface area contributed by atoms with Gasteiger partial charge in [-0.15, -0.1) is 0 Å². The molecule has 18 aromatic rings. The molecule has 3 aromatic heterocycles. The molecule has 0 N–H and O–H groups in total. The summed E-state index contributed by atoms with van der Waals surface area (Å²) in [6, 6.07) is 77.5. The van der Waals surface area contributed by atoms with Gasteiger partial charge in [-0.25, -0.2) is 52.7 Å². The van der Waals surface area contributed by atoms with E-state index in [0.29, 0.717) is 51.2 Å². The minimum atomic E-state index is -5.88. The molecule has 0 radical (unpaired) electrons. The van der Waals surface area contributed by atoms with Crippen molar-refractivity contribution in [3.63, 3.8) is 0 Å². The molecule has 15 aromatic carbocycles. The summed E-state index contributed by atoms with van der Waals surface area (Å²) < 4.78 is 320. The van der Waals surface area contributed by atoms with Crippen LogP contribution in [0, 0.1) is 76.7 Å². The number of aromatic nitrogens is 3. The molecule has 0 atom stereocenters. The first-order chi connectivity index (χ1) is 58.4. The lowest BCUT2D eigenvalue weighted by Crippen LogP contribution is -2.18. The van der Waals surface area contributed by atoms with Crippen molar-refractivity contribution in [1.29, 1.82) is 0 Å². The number of halogens is 21. The molecule has 608 valence electrons. The minimum Gasteiger partial charge on any atom is -0.311 e. The zero-order chi connectivity index (χ0) is 85.6. The second kappa shape index (κ2) is 29.4. The van der Waals surface area contributed by atoms with E-state index >= 15 is 52.7 Å². The molecule has 0 aliphatic carbocycles. The molecule has 0 unspecified atom stereocenters. The number of hydrogen-bond donors (Lipinski definition) is 0. The molecule has 0 saturated carbocycles. The SMILES string of the molecule is Cc1ccc(N(c2ccc(N(c3ccc(N(c4ccc(N(c5ccccc5)c5ccccc5)cc4)c4ccc5c(c4)c4ccccc4n5-c4c(F)c(F)c(C(F)(F)F)c(F)c4F)cc3)c3ccc4c(c3)c3ccccc3n4-c3c(F)c(F)c(C(F)(F)F)c(F)c3F)cc2)c2ccc3c(c2)c2ccccc2n3-c2c(F)c(F)c(C(F)(F)F)c(F)c2F)cc1. The molecule has 28 heteroatoms. The summed E-state index contributed by atoms with van der Waals surface area (Å²) >= 11 is 0. The van der Waals surface area contributed by atoms with Gasteiger partial charge in [-0.05, 0) is 189 Å². The van der Waals surface area contributed by atoms with Crippen LogP contribution in [0.4, 0.5) is 160 Å². The van der Waals surface area contributed by atoms with Gasteiger partial charge >= 0.3 is 18.5 Å². The third kappa shape index (κ3) is 12.8. The van der Waals surface area contributed by atoms with E-state index < -0.39 is 122 Å². The van der Waals surface area contributed by atoms with Crippen LogP contribution in [-0.2, 0) is 18.5 Å². The van der Waals surface area contributed by atoms with E-state index in [1.807, 2.05) is 84.6 Å². The van der Waals surface area contributed by atoms with E-state index in [0.717, 1.165) is 30.6 Å². The number of alkyl halides is 9. The summed E-state index contributed by atoms with van der Waals surface area (Å²) in [7, 11) is 0. The van der Waals surface area contributed by atoms with Crippen LogP contribution < -0.4 is 19.6 Å². The topological polar surface area (TPSA) is 27.8 Å². The monoisotopic (exact) mass is 1680 g/mol.